The van der Waals surface area contributed by atoms with Crippen LogP contribution in [0.4, 0.5) is 24.0 Å². The van der Waals surface area contributed by atoms with Crippen molar-refractivity contribution in [1.29, 1.82) is 0 Å². The SMILES string of the molecule is Cc1c(C(=O)Nc2ncc(Cc3cccc(C(F)(F)F)c3)s2)nnn1-c1cccc([N+](=O)[O-])c1. The Balaban J connectivity index is 1.48. The number of rotatable bonds is 6. The van der Waals surface area contributed by atoms with Crippen LogP contribution < -0.4 is 5.32 Å². The molecule has 2 heterocycles. The summed E-state index contributed by atoms with van der Waals surface area (Å²) >= 11 is 1.12. The number of carbonyl (C=O) groups excluding carboxylic acids is 1. The molecular formula is C21H15F3N6O3S. The maximum atomic E-state index is 12.9. The number of nitro groups is 1. The van der Waals surface area contributed by atoms with Gasteiger partial charge in [-0.15, -0.1) is 16.4 Å². The molecule has 34 heavy (non-hydrogen) atoms. The third-order valence-electron chi connectivity index (χ3n) is 4.80. The fraction of sp³-hybridized carbons (Fsp3) is 0.143. The maximum Gasteiger partial charge on any atom is 0.416 e. The molecule has 1 amide bonds. The van der Waals surface area contributed by atoms with E-state index in [2.05, 4.69) is 20.6 Å². The number of anilines is 1. The van der Waals surface area contributed by atoms with E-state index in [0.29, 0.717) is 21.8 Å². The van der Waals surface area contributed by atoms with Gasteiger partial charge >= 0.3 is 6.18 Å². The van der Waals surface area contributed by atoms with Gasteiger partial charge in [-0.3, -0.25) is 20.2 Å². The van der Waals surface area contributed by atoms with Gasteiger partial charge in [0.1, 0.15) is 0 Å². The summed E-state index contributed by atoms with van der Waals surface area (Å²) in [6.45, 7) is 1.59. The zero-order valence-electron chi connectivity index (χ0n) is 17.4. The highest BCUT2D eigenvalue weighted by Gasteiger charge is 2.30. The van der Waals surface area contributed by atoms with E-state index in [1.807, 2.05) is 0 Å². The number of nitrogens with zero attached hydrogens (tertiary/aromatic N) is 5. The molecule has 9 nitrogen and oxygen atoms in total. The third-order valence-corrected chi connectivity index (χ3v) is 5.71. The van der Waals surface area contributed by atoms with Crippen LogP contribution in [0, 0.1) is 17.0 Å². The summed E-state index contributed by atoms with van der Waals surface area (Å²) in [4.78, 5) is 27.9. The average Bonchev–Trinajstić information content (AvgIpc) is 3.39. The van der Waals surface area contributed by atoms with Gasteiger partial charge in [-0.1, -0.05) is 29.5 Å². The number of non-ortho nitro benzene ring substituents is 1. The normalized spacial score (nSPS) is 11.4. The van der Waals surface area contributed by atoms with E-state index in [-0.39, 0.29) is 22.9 Å². The van der Waals surface area contributed by atoms with Crippen molar-refractivity contribution in [2.75, 3.05) is 5.32 Å². The van der Waals surface area contributed by atoms with Crippen molar-refractivity contribution >= 4 is 28.1 Å². The minimum atomic E-state index is -4.43. The van der Waals surface area contributed by atoms with Crippen LogP contribution in [0.25, 0.3) is 5.69 Å². The smallest absolute Gasteiger partial charge is 0.296 e. The predicted octanol–water partition coefficient (Wildman–Crippen LogP) is 4.80. The molecule has 0 saturated carbocycles. The Morgan fingerprint density at radius 3 is 2.71 bits per heavy atom. The number of nitro benzene ring substituents is 1. The molecule has 0 aliphatic heterocycles. The lowest BCUT2D eigenvalue weighted by Gasteiger charge is -2.07. The van der Waals surface area contributed by atoms with Gasteiger partial charge in [0.05, 0.1) is 21.9 Å². The topological polar surface area (TPSA) is 116 Å². The molecule has 0 bridgehead atoms. The number of thiazole rings is 1. The lowest BCUT2D eigenvalue weighted by Crippen LogP contribution is -2.14. The van der Waals surface area contributed by atoms with Gasteiger partial charge in [0, 0.05) is 29.6 Å². The number of carbonyl (C=O) groups is 1. The quantitative estimate of drug-likeness (QED) is 0.308. The van der Waals surface area contributed by atoms with Crippen molar-refractivity contribution in [2.45, 2.75) is 19.5 Å². The molecule has 13 heteroatoms. The number of hydrogen-bond donors (Lipinski definition) is 1. The van der Waals surface area contributed by atoms with Gasteiger partial charge in [0.2, 0.25) is 0 Å². The predicted molar refractivity (Wildman–Crippen MR) is 117 cm³/mol. The van der Waals surface area contributed by atoms with Crippen molar-refractivity contribution in [1.82, 2.24) is 20.0 Å². The standard InChI is InChI=1S/C21H15F3N6O3S/c1-12-18(27-28-29(12)15-6-3-7-16(10-15)30(32)33)19(31)26-20-25-11-17(34-20)9-13-4-2-5-14(8-13)21(22,23)24/h2-8,10-11H,9H2,1H3,(H,25,26,31). The molecule has 0 radical (unpaired) electrons. The Kier molecular flexibility index (Phi) is 6.11. The van der Waals surface area contributed by atoms with E-state index in [1.165, 1.54) is 35.1 Å². The summed E-state index contributed by atoms with van der Waals surface area (Å²) in [5.41, 5.74) is 0.336. The Hall–Kier alpha value is -4.13. The van der Waals surface area contributed by atoms with E-state index in [1.54, 1.807) is 19.1 Å². The Bertz CT molecular complexity index is 1380. The summed E-state index contributed by atoms with van der Waals surface area (Å²) in [6, 6.07) is 10.7. The lowest BCUT2D eigenvalue weighted by atomic mass is 10.1. The Morgan fingerprint density at radius 1 is 1.21 bits per heavy atom. The molecule has 0 saturated heterocycles. The van der Waals surface area contributed by atoms with E-state index in [9.17, 15) is 28.1 Å². The number of halogens is 3. The Morgan fingerprint density at radius 2 is 1.97 bits per heavy atom. The first-order valence-corrected chi connectivity index (χ1v) is 10.5. The highest BCUT2D eigenvalue weighted by Crippen LogP contribution is 2.30. The highest BCUT2D eigenvalue weighted by atomic mass is 32.1. The maximum absolute atomic E-state index is 12.9. The van der Waals surface area contributed by atoms with E-state index in [0.717, 1.165) is 23.5 Å². The first-order valence-electron chi connectivity index (χ1n) is 9.71. The zero-order chi connectivity index (χ0) is 24.5. The number of benzene rings is 2. The van der Waals surface area contributed by atoms with Gasteiger partial charge in [0.15, 0.2) is 10.8 Å². The van der Waals surface area contributed by atoms with Crippen molar-refractivity contribution in [2.24, 2.45) is 0 Å². The molecule has 1 N–H and O–H groups in total. The van der Waals surface area contributed by atoms with E-state index >= 15 is 0 Å². The molecule has 0 fully saturated rings. The second-order valence-corrected chi connectivity index (χ2v) is 8.29. The summed E-state index contributed by atoms with van der Waals surface area (Å²) in [7, 11) is 0. The average molecular weight is 488 g/mol. The molecule has 4 aromatic rings. The van der Waals surface area contributed by atoms with Crippen LogP contribution >= 0.6 is 11.3 Å². The largest absolute Gasteiger partial charge is 0.416 e. The van der Waals surface area contributed by atoms with Crippen molar-refractivity contribution < 1.29 is 22.9 Å². The second kappa shape index (κ2) is 9.02. The van der Waals surface area contributed by atoms with E-state index < -0.39 is 22.6 Å². The fourth-order valence-electron chi connectivity index (χ4n) is 3.18. The minimum Gasteiger partial charge on any atom is -0.296 e. The third kappa shape index (κ3) is 4.93. The first-order chi connectivity index (χ1) is 16.1. The first kappa shape index (κ1) is 23.0. The van der Waals surface area contributed by atoms with Crippen molar-refractivity contribution in [3.8, 4) is 5.69 Å². The number of nitrogens with one attached hydrogen (secondary N) is 1. The van der Waals surface area contributed by atoms with Gasteiger partial charge < -0.3 is 0 Å². The highest BCUT2D eigenvalue weighted by molar-refractivity contribution is 7.15. The molecule has 0 aliphatic rings. The molecule has 174 valence electrons. The number of alkyl halides is 3. The molecule has 0 atom stereocenters. The van der Waals surface area contributed by atoms with Gasteiger partial charge in [-0.25, -0.2) is 9.67 Å². The zero-order valence-corrected chi connectivity index (χ0v) is 18.2. The summed E-state index contributed by atoms with van der Waals surface area (Å²) < 4.78 is 40.0. The van der Waals surface area contributed by atoms with Gasteiger partial charge in [-0.2, -0.15) is 13.2 Å². The molecule has 0 aliphatic carbocycles. The molecule has 2 aromatic carbocycles. The summed E-state index contributed by atoms with van der Waals surface area (Å²) in [6.07, 6.45) is -2.73. The van der Waals surface area contributed by atoms with Crippen LogP contribution in [0.1, 0.15) is 32.2 Å². The number of amides is 1. The Labute approximate surface area is 194 Å². The number of aromatic nitrogens is 4. The molecular weight excluding hydrogens is 473 g/mol. The van der Waals surface area contributed by atoms with Crippen LogP contribution in [0.15, 0.2) is 54.7 Å². The monoisotopic (exact) mass is 488 g/mol. The van der Waals surface area contributed by atoms with Crippen molar-refractivity contribution in [3.05, 3.63) is 92.2 Å². The second-order valence-electron chi connectivity index (χ2n) is 7.17. The minimum absolute atomic E-state index is 0.00105. The number of hydrogen-bond acceptors (Lipinski definition) is 7. The van der Waals surface area contributed by atoms with Crippen LogP contribution in [-0.2, 0) is 12.6 Å². The molecule has 0 unspecified atom stereocenters. The van der Waals surface area contributed by atoms with Crippen molar-refractivity contribution in [3.63, 3.8) is 0 Å². The van der Waals surface area contributed by atoms with E-state index in [4.69, 9.17) is 0 Å². The van der Waals surface area contributed by atoms with Gasteiger partial charge in [0.25, 0.3) is 11.6 Å². The van der Waals surface area contributed by atoms with Crippen LogP contribution in [0.5, 0.6) is 0 Å². The van der Waals surface area contributed by atoms with Crippen LogP contribution in [0.2, 0.25) is 0 Å². The lowest BCUT2D eigenvalue weighted by molar-refractivity contribution is -0.384. The van der Waals surface area contributed by atoms with Crippen LogP contribution in [-0.4, -0.2) is 30.8 Å². The fourth-order valence-corrected chi connectivity index (χ4v) is 4.03. The van der Waals surface area contributed by atoms with Gasteiger partial charge in [-0.05, 0) is 24.6 Å². The summed E-state index contributed by atoms with van der Waals surface area (Å²) in [5.74, 6) is -0.589. The molecule has 4 rings (SSSR count). The molecule has 0 spiro atoms. The van der Waals surface area contributed by atoms with Crippen LogP contribution in [0.3, 0.4) is 0 Å². The molecule has 2 aromatic heterocycles. The summed E-state index contributed by atoms with van der Waals surface area (Å²) in [5, 5.41) is 21.6.